The first-order valence-electron chi connectivity index (χ1n) is 9.38. The van der Waals surface area contributed by atoms with E-state index in [9.17, 15) is 19.2 Å². The van der Waals surface area contributed by atoms with Gasteiger partial charge in [0.15, 0.2) is 6.61 Å². The predicted molar refractivity (Wildman–Crippen MR) is 109 cm³/mol. The number of hydrogen-bond acceptors (Lipinski definition) is 7. The minimum atomic E-state index is -0.521. The van der Waals surface area contributed by atoms with E-state index in [2.05, 4.69) is 20.6 Å². The second kappa shape index (κ2) is 7.06. The number of nitrogens with one attached hydrogen (secondary N) is 3. The number of hydrogen-bond donors (Lipinski definition) is 3. The molecule has 3 aromatic rings. The number of carbonyl (C=O) groups excluding carboxylic acids is 3. The molecule has 30 heavy (non-hydrogen) atoms. The molecule has 2 aromatic heterocycles. The van der Waals surface area contributed by atoms with Gasteiger partial charge >= 0.3 is 0 Å². The van der Waals surface area contributed by atoms with Gasteiger partial charge in [-0.15, -0.1) is 11.3 Å². The Morgan fingerprint density at radius 3 is 3.07 bits per heavy atom. The summed E-state index contributed by atoms with van der Waals surface area (Å²) in [5.41, 5.74) is 1.64. The van der Waals surface area contributed by atoms with Crippen LogP contribution in [0.25, 0.3) is 10.2 Å². The number of benzene rings is 1. The SMILES string of the molecule is O=CC1CCc2sc3nc(C(=O)NCc4ccc5c(c4)NC(=O)CO5)[nH]c(=O)c3c21. The lowest BCUT2D eigenvalue weighted by atomic mass is 10.0. The maximum Gasteiger partial charge on any atom is 0.287 e. The fourth-order valence-electron chi connectivity index (χ4n) is 3.83. The van der Waals surface area contributed by atoms with Crippen molar-refractivity contribution in [3.05, 3.63) is 50.4 Å². The molecule has 0 fully saturated rings. The summed E-state index contributed by atoms with van der Waals surface area (Å²) in [5, 5.41) is 5.84. The molecular formula is C20H16N4O5S. The number of aromatic nitrogens is 2. The number of ether oxygens (including phenoxy) is 1. The highest BCUT2D eigenvalue weighted by molar-refractivity contribution is 7.18. The van der Waals surface area contributed by atoms with Gasteiger partial charge in [-0.3, -0.25) is 14.4 Å². The molecule has 3 heterocycles. The summed E-state index contributed by atoms with van der Waals surface area (Å²) in [6.45, 7) is 0.155. The molecule has 1 aromatic carbocycles. The van der Waals surface area contributed by atoms with E-state index in [1.165, 1.54) is 11.3 Å². The number of nitrogens with zero attached hydrogens (tertiary/aromatic N) is 1. The van der Waals surface area contributed by atoms with E-state index in [1.54, 1.807) is 18.2 Å². The number of rotatable bonds is 4. The zero-order valence-electron chi connectivity index (χ0n) is 15.6. The normalized spacial score (nSPS) is 17.1. The molecule has 0 bridgehead atoms. The Kier molecular flexibility index (Phi) is 4.35. The van der Waals surface area contributed by atoms with Crippen LogP contribution >= 0.6 is 11.3 Å². The van der Waals surface area contributed by atoms with E-state index >= 15 is 0 Å². The molecule has 5 rings (SSSR count). The van der Waals surface area contributed by atoms with Crippen LogP contribution in [0, 0.1) is 0 Å². The van der Waals surface area contributed by atoms with Crippen molar-refractivity contribution in [2.24, 2.45) is 0 Å². The Morgan fingerprint density at radius 1 is 1.37 bits per heavy atom. The summed E-state index contributed by atoms with van der Waals surface area (Å²) < 4.78 is 5.31. The topological polar surface area (TPSA) is 130 Å². The second-order valence-electron chi connectivity index (χ2n) is 7.16. The van der Waals surface area contributed by atoms with Crippen LogP contribution in [0.5, 0.6) is 5.75 Å². The van der Waals surface area contributed by atoms with Crippen LogP contribution < -0.4 is 20.9 Å². The van der Waals surface area contributed by atoms with Crippen molar-refractivity contribution in [1.29, 1.82) is 0 Å². The first kappa shape index (κ1) is 18.5. The maximum atomic E-state index is 12.6. The lowest BCUT2D eigenvalue weighted by Gasteiger charge is -2.18. The number of fused-ring (bicyclic) bond motifs is 4. The lowest BCUT2D eigenvalue weighted by molar-refractivity contribution is -0.118. The molecule has 1 aliphatic carbocycles. The first-order valence-corrected chi connectivity index (χ1v) is 10.2. The van der Waals surface area contributed by atoms with Gasteiger partial charge in [0.1, 0.15) is 16.9 Å². The quantitative estimate of drug-likeness (QED) is 0.544. The Morgan fingerprint density at radius 2 is 2.23 bits per heavy atom. The van der Waals surface area contributed by atoms with E-state index in [0.29, 0.717) is 28.1 Å². The van der Waals surface area contributed by atoms with E-state index in [-0.39, 0.29) is 30.8 Å². The van der Waals surface area contributed by atoms with E-state index in [0.717, 1.165) is 28.7 Å². The van der Waals surface area contributed by atoms with Gasteiger partial charge in [-0.1, -0.05) is 6.07 Å². The van der Waals surface area contributed by atoms with Gasteiger partial charge in [0.2, 0.25) is 5.82 Å². The van der Waals surface area contributed by atoms with Gasteiger partial charge in [-0.25, -0.2) is 4.98 Å². The molecule has 10 heteroatoms. The van der Waals surface area contributed by atoms with Crippen molar-refractivity contribution in [2.45, 2.75) is 25.3 Å². The Bertz CT molecular complexity index is 1280. The average molecular weight is 424 g/mol. The molecule has 1 aliphatic heterocycles. The number of thiophene rings is 1. The summed E-state index contributed by atoms with van der Waals surface area (Å²) in [4.78, 5) is 56.2. The summed E-state index contributed by atoms with van der Waals surface area (Å²) in [6.07, 6.45) is 2.30. The maximum absolute atomic E-state index is 12.6. The molecular weight excluding hydrogens is 408 g/mol. The molecule has 152 valence electrons. The third kappa shape index (κ3) is 3.05. The molecule has 0 saturated carbocycles. The first-order chi connectivity index (χ1) is 14.5. The number of carbonyl (C=O) groups is 3. The largest absolute Gasteiger partial charge is 0.482 e. The molecule has 2 amide bonds. The third-order valence-electron chi connectivity index (χ3n) is 5.24. The lowest BCUT2D eigenvalue weighted by Crippen LogP contribution is -2.28. The average Bonchev–Trinajstić information content (AvgIpc) is 3.30. The number of aryl methyl sites for hydroxylation is 1. The van der Waals surface area contributed by atoms with E-state index in [1.807, 2.05) is 0 Å². The fraction of sp³-hybridized carbons (Fsp3) is 0.250. The monoisotopic (exact) mass is 424 g/mol. The van der Waals surface area contributed by atoms with Gasteiger partial charge in [0.05, 0.1) is 11.1 Å². The second-order valence-corrected chi connectivity index (χ2v) is 8.25. The highest BCUT2D eigenvalue weighted by Gasteiger charge is 2.29. The number of amides is 2. The molecule has 2 aliphatic rings. The summed E-state index contributed by atoms with van der Waals surface area (Å²) >= 11 is 1.36. The van der Waals surface area contributed by atoms with Crippen LogP contribution in [0.15, 0.2) is 23.0 Å². The van der Waals surface area contributed by atoms with E-state index in [4.69, 9.17) is 4.74 Å². The highest BCUT2D eigenvalue weighted by atomic mass is 32.1. The van der Waals surface area contributed by atoms with E-state index < -0.39 is 11.5 Å². The van der Waals surface area contributed by atoms with Crippen LogP contribution in [0.2, 0.25) is 0 Å². The number of aromatic amines is 1. The van der Waals surface area contributed by atoms with Crippen LogP contribution in [-0.4, -0.2) is 34.7 Å². The van der Waals surface area contributed by atoms with Crippen molar-refractivity contribution in [2.75, 3.05) is 11.9 Å². The number of anilines is 1. The van der Waals surface area contributed by atoms with Gasteiger partial charge < -0.3 is 25.1 Å². The minimum Gasteiger partial charge on any atom is -0.482 e. The number of H-pyrrole nitrogens is 1. The van der Waals surface area contributed by atoms with Crippen LogP contribution in [0.4, 0.5) is 5.69 Å². The minimum absolute atomic E-state index is 0.0235. The van der Waals surface area contributed by atoms with Gasteiger partial charge in [-0.2, -0.15) is 0 Å². The van der Waals surface area contributed by atoms with Gasteiger partial charge in [-0.05, 0) is 36.1 Å². The predicted octanol–water partition coefficient (Wildman–Crippen LogP) is 1.47. The molecule has 1 unspecified atom stereocenters. The smallest absolute Gasteiger partial charge is 0.287 e. The zero-order valence-corrected chi connectivity index (χ0v) is 16.4. The Balaban J connectivity index is 1.37. The van der Waals surface area contributed by atoms with Gasteiger partial charge in [0, 0.05) is 17.3 Å². The third-order valence-corrected chi connectivity index (χ3v) is 6.40. The Hall–Kier alpha value is -3.53. The molecule has 9 nitrogen and oxygen atoms in total. The van der Waals surface area contributed by atoms with Gasteiger partial charge in [0.25, 0.3) is 17.4 Å². The molecule has 0 saturated heterocycles. The number of aldehydes is 1. The standard InChI is InChI=1S/C20H16N4O5S/c25-7-10-2-4-13-15(10)16-18(27)23-17(24-20(16)30-13)19(28)21-6-9-1-3-12-11(5-9)22-14(26)8-29-12/h1,3,5,7,10H,2,4,6,8H2,(H,21,28)(H,22,26)(H,23,24,27). The van der Waals surface area contributed by atoms with Crippen molar-refractivity contribution in [3.63, 3.8) is 0 Å². The van der Waals surface area contributed by atoms with Crippen molar-refractivity contribution in [3.8, 4) is 5.75 Å². The highest BCUT2D eigenvalue weighted by Crippen LogP contribution is 2.40. The Labute approximate surface area is 173 Å². The van der Waals surface area contributed by atoms with Crippen LogP contribution in [-0.2, 0) is 22.6 Å². The summed E-state index contributed by atoms with van der Waals surface area (Å²) in [6, 6.07) is 5.22. The molecule has 3 N–H and O–H groups in total. The molecule has 0 radical (unpaired) electrons. The van der Waals surface area contributed by atoms with Crippen LogP contribution in [0.3, 0.4) is 0 Å². The van der Waals surface area contributed by atoms with Crippen LogP contribution in [0.1, 0.15) is 39.0 Å². The molecule has 1 atom stereocenters. The van der Waals surface area contributed by atoms with Crippen molar-refractivity contribution >= 4 is 45.3 Å². The molecule has 0 spiro atoms. The summed E-state index contributed by atoms with van der Waals surface area (Å²) in [5.74, 6) is -0.555. The van der Waals surface area contributed by atoms with Crippen molar-refractivity contribution < 1.29 is 19.1 Å². The zero-order chi connectivity index (χ0) is 20.8. The summed E-state index contributed by atoms with van der Waals surface area (Å²) in [7, 11) is 0. The fourth-order valence-corrected chi connectivity index (χ4v) is 5.09. The van der Waals surface area contributed by atoms with Crippen molar-refractivity contribution in [1.82, 2.24) is 15.3 Å².